The van der Waals surface area contributed by atoms with Gasteiger partial charge >= 0.3 is 0 Å². The fourth-order valence-corrected chi connectivity index (χ4v) is 3.56. The normalized spacial score (nSPS) is 34.1. The van der Waals surface area contributed by atoms with Crippen molar-refractivity contribution in [3.63, 3.8) is 0 Å². The zero-order valence-electron chi connectivity index (χ0n) is 11.4. The molecule has 3 atom stereocenters. The lowest BCUT2D eigenvalue weighted by Crippen LogP contribution is -2.49. The maximum Gasteiger partial charge on any atom is 0.193 e. The number of nitrogens with one attached hydrogen (secondary N) is 1. The van der Waals surface area contributed by atoms with Gasteiger partial charge in [-0.05, 0) is 18.3 Å². The monoisotopic (exact) mass is 255 g/mol. The molecule has 3 unspecified atom stereocenters. The minimum atomic E-state index is 0.667. The Balaban J connectivity index is 1.90. The van der Waals surface area contributed by atoms with Crippen LogP contribution in [0.25, 0.3) is 0 Å². The van der Waals surface area contributed by atoms with E-state index in [-0.39, 0.29) is 0 Å². The number of aliphatic imine (C=N–C) groups is 1. The van der Waals surface area contributed by atoms with Crippen LogP contribution >= 0.6 is 11.8 Å². The van der Waals surface area contributed by atoms with E-state index in [2.05, 4.69) is 47.7 Å². The Morgan fingerprint density at radius 2 is 2.18 bits per heavy atom. The molecule has 1 aliphatic carbocycles. The molecule has 0 bridgehead atoms. The number of hydrogen-bond donors (Lipinski definition) is 1. The average molecular weight is 255 g/mol. The Hall–Kier alpha value is -0.380. The first-order valence-electron chi connectivity index (χ1n) is 6.71. The van der Waals surface area contributed by atoms with Crippen molar-refractivity contribution < 1.29 is 0 Å². The van der Waals surface area contributed by atoms with Crippen LogP contribution in [0.4, 0.5) is 0 Å². The zero-order valence-corrected chi connectivity index (χ0v) is 12.3. The number of nitrogens with zero attached hydrogens (tertiary/aromatic N) is 2. The van der Waals surface area contributed by atoms with Gasteiger partial charge in [0.15, 0.2) is 5.96 Å². The number of thioether (sulfide) groups is 1. The van der Waals surface area contributed by atoms with E-state index in [1.807, 2.05) is 7.05 Å². The summed E-state index contributed by atoms with van der Waals surface area (Å²) in [5.41, 5.74) is 0. The van der Waals surface area contributed by atoms with Crippen LogP contribution in [-0.4, -0.2) is 48.0 Å². The van der Waals surface area contributed by atoms with Gasteiger partial charge in [-0.25, -0.2) is 0 Å². The fraction of sp³-hybridized carbons (Fsp3) is 0.923. The van der Waals surface area contributed by atoms with Gasteiger partial charge in [-0.1, -0.05) is 20.8 Å². The molecule has 4 heteroatoms. The van der Waals surface area contributed by atoms with Crippen molar-refractivity contribution in [2.24, 2.45) is 16.8 Å². The van der Waals surface area contributed by atoms with Gasteiger partial charge in [-0.2, -0.15) is 11.8 Å². The Labute approximate surface area is 109 Å². The van der Waals surface area contributed by atoms with Crippen molar-refractivity contribution in [1.29, 1.82) is 0 Å². The quantitative estimate of drug-likeness (QED) is 0.604. The molecule has 0 aromatic carbocycles. The van der Waals surface area contributed by atoms with E-state index < -0.39 is 0 Å². The van der Waals surface area contributed by atoms with Gasteiger partial charge in [0.2, 0.25) is 0 Å². The summed E-state index contributed by atoms with van der Waals surface area (Å²) in [6.45, 7) is 9.21. The molecule has 0 spiro atoms. The van der Waals surface area contributed by atoms with Gasteiger partial charge in [0.05, 0.1) is 0 Å². The van der Waals surface area contributed by atoms with E-state index in [0.717, 1.165) is 36.1 Å². The van der Waals surface area contributed by atoms with Crippen molar-refractivity contribution >= 4 is 17.7 Å². The Morgan fingerprint density at radius 1 is 1.47 bits per heavy atom. The Kier molecular flexibility index (Phi) is 4.23. The van der Waals surface area contributed by atoms with Gasteiger partial charge in [0.1, 0.15) is 0 Å². The number of hydrogen-bond acceptors (Lipinski definition) is 2. The summed E-state index contributed by atoms with van der Waals surface area (Å²) in [5, 5.41) is 4.34. The second-order valence-electron chi connectivity index (χ2n) is 5.61. The molecule has 1 saturated heterocycles. The van der Waals surface area contributed by atoms with E-state index in [1.54, 1.807) is 0 Å². The van der Waals surface area contributed by atoms with E-state index in [4.69, 9.17) is 0 Å². The molecular weight excluding hydrogens is 230 g/mol. The molecule has 0 aromatic heterocycles. The van der Waals surface area contributed by atoms with Crippen LogP contribution in [0.1, 0.15) is 27.2 Å². The summed E-state index contributed by atoms with van der Waals surface area (Å²) in [4.78, 5) is 6.88. The minimum absolute atomic E-state index is 0.667. The van der Waals surface area contributed by atoms with Crippen molar-refractivity contribution in [2.45, 2.75) is 38.5 Å². The second-order valence-corrected chi connectivity index (χ2v) is 6.96. The molecular formula is C13H25N3S. The highest BCUT2D eigenvalue weighted by Gasteiger charge is 2.35. The molecule has 1 aliphatic heterocycles. The van der Waals surface area contributed by atoms with Gasteiger partial charge in [-0.3, -0.25) is 4.99 Å². The number of rotatable bonds is 2. The molecule has 0 aromatic rings. The van der Waals surface area contributed by atoms with Gasteiger partial charge < -0.3 is 10.2 Å². The lowest BCUT2D eigenvalue weighted by molar-refractivity contribution is 0.380. The molecule has 2 rings (SSSR count). The van der Waals surface area contributed by atoms with Crippen molar-refractivity contribution in [1.82, 2.24) is 10.2 Å². The second kappa shape index (κ2) is 5.51. The SMILES string of the molecule is CN=C(NC1CC1C)N1CCSC(C(C)C)C1. The first-order valence-corrected chi connectivity index (χ1v) is 7.76. The lowest BCUT2D eigenvalue weighted by Gasteiger charge is -2.36. The van der Waals surface area contributed by atoms with Crippen LogP contribution < -0.4 is 5.32 Å². The summed E-state index contributed by atoms with van der Waals surface area (Å²) < 4.78 is 0. The largest absolute Gasteiger partial charge is 0.353 e. The van der Waals surface area contributed by atoms with E-state index >= 15 is 0 Å². The molecule has 17 heavy (non-hydrogen) atoms. The molecule has 1 saturated carbocycles. The smallest absolute Gasteiger partial charge is 0.193 e. The molecule has 0 radical (unpaired) electrons. The molecule has 1 heterocycles. The minimum Gasteiger partial charge on any atom is -0.353 e. The standard InChI is InChI=1S/C13H25N3S/c1-9(2)12-8-16(5-6-17-12)13(14-4)15-11-7-10(11)3/h9-12H,5-8H2,1-4H3,(H,14,15). The van der Waals surface area contributed by atoms with E-state index in [0.29, 0.717) is 6.04 Å². The van der Waals surface area contributed by atoms with Crippen LogP contribution in [0.5, 0.6) is 0 Å². The molecule has 98 valence electrons. The van der Waals surface area contributed by atoms with Gasteiger partial charge in [0.25, 0.3) is 0 Å². The highest BCUT2D eigenvalue weighted by molar-refractivity contribution is 8.00. The van der Waals surface area contributed by atoms with Crippen LogP contribution in [0.3, 0.4) is 0 Å². The van der Waals surface area contributed by atoms with Gasteiger partial charge in [0, 0.05) is 37.2 Å². The van der Waals surface area contributed by atoms with Crippen molar-refractivity contribution in [2.75, 3.05) is 25.9 Å². The number of guanidine groups is 1. The molecule has 0 amide bonds. The maximum absolute atomic E-state index is 4.44. The summed E-state index contributed by atoms with van der Waals surface area (Å²) in [7, 11) is 1.90. The predicted molar refractivity (Wildman–Crippen MR) is 76.7 cm³/mol. The molecule has 2 aliphatic rings. The fourth-order valence-electron chi connectivity index (χ4n) is 2.26. The predicted octanol–water partition coefficient (Wildman–Crippen LogP) is 2.04. The first-order chi connectivity index (χ1) is 8.11. The molecule has 2 fully saturated rings. The third kappa shape index (κ3) is 3.30. The highest BCUT2D eigenvalue weighted by Crippen LogP contribution is 2.30. The van der Waals surface area contributed by atoms with Crippen molar-refractivity contribution in [3.05, 3.63) is 0 Å². The van der Waals surface area contributed by atoms with Gasteiger partial charge in [-0.15, -0.1) is 0 Å². The Bertz CT molecular complexity index is 290. The summed E-state index contributed by atoms with van der Waals surface area (Å²) in [5.74, 6) is 3.92. The summed E-state index contributed by atoms with van der Waals surface area (Å²) in [6, 6.07) is 0.667. The Morgan fingerprint density at radius 3 is 2.71 bits per heavy atom. The van der Waals surface area contributed by atoms with Crippen molar-refractivity contribution in [3.8, 4) is 0 Å². The first kappa shape index (κ1) is 13.1. The highest BCUT2D eigenvalue weighted by atomic mass is 32.2. The summed E-state index contributed by atoms with van der Waals surface area (Å²) >= 11 is 2.11. The van der Waals surface area contributed by atoms with Crippen LogP contribution in [0.15, 0.2) is 4.99 Å². The van der Waals surface area contributed by atoms with Crippen LogP contribution in [-0.2, 0) is 0 Å². The molecule has 3 nitrogen and oxygen atoms in total. The molecule has 1 N–H and O–H groups in total. The third-order valence-electron chi connectivity index (χ3n) is 3.77. The van der Waals surface area contributed by atoms with Crippen LogP contribution in [0, 0.1) is 11.8 Å². The third-order valence-corrected chi connectivity index (χ3v) is 5.31. The van der Waals surface area contributed by atoms with Crippen LogP contribution in [0.2, 0.25) is 0 Å². The van der Waals surface area contributed by atoms with E-state index in [1.165, 1.54) is 12.2 Å². The lowest BCUT2D eigenvalue weighted by atomic mass is 10.1. The van der Waals surface area contributed by atoms with E-state index in [9.17, 15) is 0 Å². The topological polar surface area (TPSA) is 27.6 Å². The average Bonchev–Trinajstić information content (AvgIpc) is 3.02. The summed E-state index contributed by atoms with van der Waals surface area (Å²) in [6.07, 6.45) is 1.30. The maximum atomic E-state index is 4.44. The zero-order chi connectivity index (χ0) is 12.4.